The van der Waals surface area contributed by atoms with Crippen LogP contribution in [0.1, 0.15) is 60.7 Å². The Morgan fingerprint density at radius 3 is 2.92 bits per heavy atom. The molecule has 0 radical (unpaired) electrons. The van der Waals surface area contributed by atoms with Crippen LogP contribution in [0.3, 0.4) is 0 Å². The lowest BCUT2D eigenvalue weighted by molar-refractivity contribution is -0.138. The zero-order chi connectivity index (χ0) is 27.2. The second-order valence-corrected chi connectivity index (χ2v) is 10.7. The molecule has 0 aliphatic carbocycles. The van der Waals surface area contributed by atoms with E-state index >= 15 is 0 Å². The number of nitrogens with zero attached hydrogens (tertiary/aromatic N) is 4. The Morgan fingerprint density at radius 2 is 2.10 bits per heavy atom. The normalized spacial score (nSPS) is 18.1. The summed E-state index contributed by atoms with van der Waals surface area (Å²) in [5.41, 5.74) is 4.90. The van der Waals surface area contributed by atoms with Gasteiger partial charge in [-0.05, 0) is 93.9 Å². The van der Waals surface area contributed by atoms with Crippen molar-refractivity contribution < 1.29 is 14.7 Å². The quantitative estimate of drug-likeness (QED) is 0.364. The minimum Gasteiger partial charge on any atom is -0.481 e. The maximum atomic E-state index is 13.3. The molecule has 2 aromatic heterocycles. The number of fused-ring (bicyclic) bond motifs is 1. The third-order valence-corrected chi connectivity index (χ3v) is 7.69. The number of carboxylic acid groups (broad SMARTS) is 1. The van der Waals surface area contributed by atoms with Gasteiger partial charge in [-0.3, -0.25) is 9.59 Å². The Kier molecular flexibility index (Phi) is 8.56. The van der Waals surface area contributed by atoms with Gasteiger partial charge in [0.2, 0.25) is 5.91 Å². The highest BCUT2D eigenvalue weighted by atomic mass is 16.4. The molecule has 0 bridgehead atoms. The summed E-state index contributed by atoms with van der Waals surface area (Å²) in [6.45, 7) is 5.50. The standard InChI is InChI=1S/C30H38N6O3/c1-21-13-17-36(34-21)26-10-2-6-23(18-26)27(19-28(37)38)33-30(39)24-8-4-15-35(20-24)16-5-9-25-12-11-22-7-3-14-31-29(22)32-25/h2,6,10-13,17-18,24,27H,3-5,7-9,14-16,19-20H2,1H3,(H,31,32)(H,33,39)(H,37,38)/t24-,27+/m1/s1. The maximum Gasteiger partial charge on any atom is 0.305 e. The number of piperidine rings is 1. The molecule has 2 aliphatic heterocycles. The molecule has 2 aliphatic rings. The van der Waals surface area contributed by atoms with Crippen molar-refractivity contribution in [2.75, 3.05) is 31.5 Å². The average molecular weight is 531 g/mol. The molecule has 4 heterocycles. The number of rotatable bonds is 10. The highest BCUT2D eigenvalue weighted by Gasteiger charge is 2.28. The number of carboxylic acids is 1. The summed E-state index contributed by atoms with van der Waals surface area (Å²) in [5, 5.41) is 20.5. The van der Waals surface area contributed by atoms with Gasteiger partial charge in [-0.2, -0.15) is 5.10 Å². The van der Waals surface area contributed by atoms with Gasteiger partial charge in [-0.15, -0.1) is 0 Å². The number of likely N-dealkylation sites (tertiary alicyclic amines) is 1. The van der Waals surface area contributed by atoms with Gasteiger partial charge in [0, 0.05) is 25.0 Å². The molecule has 1 amide bonds. The molecule has 0 saturated carbocycles. The Morgan fingerprint density at radius 1 is 1.21 bits per heavy atom. The molecular formula is C30H38N6O3. The summed E-state index contributed by atoms with van der Waals surface area (Å²) in [4.78, 5) is 32.2. The van der Waals surface area contributed by atoms with Gasteiger partial charge in [0.05, 0.1) is 29.8 Å². The number of benzene rings is 1. The smallest absolute Gasteiger partial charge is 0.305 e. The molecule has 2 atom stereocenters. The molecule has 206 valence electrons. The zero-order valence-corrected chi connectivity index (χ0v) is 22.6. The van der Waals surface area contributed by atoms with Crippen LogP contribution in [-0.2, 0) is 22.4 Å². The first-order valence-electron chi connectivity index (χ1n) is 14.0. The number of aryl methyl sites for hydroxylation is 3. The second kappa shape index (κ2) is 12.4. The van der Waals surface area contributed by atoms with Gasteiger partial charge < -0.3 is 20.6 Å². The number of aromatic nitrogens is 3. The van der Waals surface area contributed by atoms with Crippen molar-refractivity contribution in [2.45, 2.75) is 57.9 Å². The van der Waals surface area contributed by atoms with E-state index in [2.05, 4.69) is 32.8 Å². The fourth-order valence-corrected chi connectivity index (χ4v) is 5.62. The van der Waals surface area contributed by atoms with Gasteiger partial charge in [0.25, 0.3) is 0 Å². The predicted molar refractivity (Wildman–Crippen MR) is 150 cm³/mol. The van der Waals surface area contributed by atoms with Crippen LogP contribution in [0.2, 0.25) is 0 Å². The number of anilines is 1. The van der Waals surface area contributed by atoms with E-state index < -0.39 is 12.0 Å². The van der Waals surface area contributed by atoms with Crippen LogP contribution in [0.5, 0.6) is 0 Å². The Bertz CT molecular complexity index is 1310. The molecule has 0 unspecified atom stereocenters. The number of amides is 1. The van der Waals surface area contributed by atoms with E-state index in [0.29, 0.717) is 6.54 Å². The number of carbonyl (C=O) groups is 2. The first kappa shape index (κ1) is 26.9. The van der Waals surface area contributed by atoms with Crippen molar-refractivity contribution in [3.8, 4) is 5.69 Å². The first-order valence-corrected chi connectivity index (χ1v) is 14.0. The third kappa shape index (κ3) is 7.03. The summed E-state index contributed by atoms with van der Waals surface area (Å²) < 4.78 is 1.76. The van der Waals surface area contributed by atoms with Gasteiger partial charge >= 0.3 is 5.97 Å². The molecule has 39 heavy (non-hydrogen) atoms. The maximum absolute atomic E-state index is 13.3. The summed E-state index contributed by atoms with van der Waals surface area (Å²) in [6.07, 6.45) is 7.61. The molecule has 5 rings (SSSR count). The van der Waals surface area contributed by atoms with Crippen molar-refractivity contribution >= 4 is 17.7 Å². The largest absolute Gasteiger partial charge is 0.481 e. The van der Waals surface area contributed by atoms with Crippen molar-refractivity contribution in [1.82, 2.24) is 25.0 Å². The Balaban J connectivity index is 1.17. The summed E-state index contributed by atoms with van der Waals surface area (Å²) in [7, 11) is 0. The minimum absolute atomic E-state index is 0.0753. The first-order chi connectivity index (χ1) is 18.9. The topological polar surface area (TPSA) is 112 Å². The molecule has 0 spiro atoms. The van der Waals surface area contributed by atoms with E-state index in [1.807, 2.05) is 43.5 Å². The Labute approximate surface area is 229 Å². The van der Waals surface area contributed by atoms with Crippen LogP contribution in [0.15, 0.2) is 48.7 Å². The summed E-state index contributed by atoms with van der Waals surface area (Å²) in [5.74, 6) is -0.140. The van der Waals surface area contributed by atoms with E-state index in [1.54, 1.807) is 4.68 Å². The predicted octanol–water partition coefficient (Wildman–Crippen LogP) is 3.91. The van der Waals surface area contributed by atoms with Crippen LogP contribution < -0.4 is 10.6 Å². The van der Waals surface area contributed by atoms with Crippen LogP contribution in [0.4, 0.5) is 5.82 Å². The highest BCUT2D eigenvalue weighted by molar-refractivity contribution is 5.80. The number of hydrogen-bond donors (Lipinski definition) is 3. The molecule has 1 aromatic carbocycles. The molecule has 1 fully saturated rings. The number of pyridine rings is 1. The van der Waals surface area contributed by atoms with Gasteiger partial charge in [-0.1, -0.05) is 18.2 Å². The van der Waals surface area contributed by atoms with E-state index in [1.165, 1.54) is 5.56 Å². The van der Waals surface area contributed by atoms with Crippen molar-refractivity contribution in [2.24, 2.45) is 5.92 Å². The lowest BCUT2D eigenvalue weighted by atomic mass is 9.95. The number of hydrogen-bond acceptors (Lipinski definition) is 6. The third-order valence-electron chi connectivity index (χ3n) is 7.69. The van der Waals surface area contributed by atoms with Crippen molar-refractivity contribution in [3.63, 3.8) is 0 Å². The molecular weight excluding hydrogens is 492 g/mol. The van der Waals surface area contributed by atoms with E-state index in [0.717, 1.165) is 86.6 Å². The number of nitrogens with one attached hydrogen (secondary N) is 2. The number of carbonyl (C=O) groups excluding carboxylic acids is 1. The molecule has 9 nitrogen and oxygen atoms in total. The van der Waals surface area contributed by atoms with E-state index in [-0.39, 0.29) is 18.2 Å². The minimum atomic E-state index is -0.947. The second-order valence-electron chi connectivity index (χ2n) is 10.7. The molecule has 1 saturated heterocycles. The van der Waals surface area contributed by atoms with E-state index in [9.17, 15) is 14.7 Å². The SMILES string of the molecule is Cc1ccn(-c2cccc([C@H](CC(=O)O)NC(=O)[C@@H]3CCCN(CCCc4ccc5c(n4)NCCC5)C3)c2)n1. The van der Waals surface area contributed by atoms with Gasteiger partial charge in [0.1, 0.15) is 5.82 Å². The lowest BCUT2D eigenvalue weighted by Crippen LogP contribution is -2.44. The van der Waals surface area contributed by atoms with Crippen molar-refractivity contribution in [1.29, 1.82) is 0 Å². The molecule has 3 aromatic rings. The van der Waals surface area contributed by atoms with E-state index in [4.69, 9.17) is 4.98 Å². The summed E-state index contributed by atoms with van der Waals surface area (Å²) >= 11 is 0. The fourth-order valence-electron chi connectivity index (χ4n) is 5.62. The van der Waals surface area contributed by atoms with Crippen LogP contribution in [0.25, 0.3) is 5.69 Å². The van der Waals surface area contributed by atoms with Crippen LogP contribution in [0, 0.1) is 12.8 Å². The average Bonchev–Trinajstić information content (AvgIpc) is 3.39. The lowest BCUT2D eigenvalue weighted by Gasteiger charge is -2.33. The van der Waals surface area contributed by atoms with Gasteiger partial charge in [0.15, 0.2) is 0 Å². The van der Waals surface area contributed by atoms with Crippen molar-refractivity contribution in [3.05, 3.63) is 71.2 Å². The number of aliphatic carboxylic acids is 1. The molecule has 9 heteroatoms. The highest BCUT2D eigenvalue weighted by Crippen LogP contribution is 2.24. The van der Waals surface area contributed by atoms with Gasteiger partial charge in [-0.25, -0.2) is 9.67 Å². The van der Waals surface area contributed by atoms with Crippen LogP contribution >= 0.6 is 0 Å². The molecule has 3 N–H and O–H groups in total. The summed E-state index contributed by atoms with van der Waals surface area (Å²) in [6, 6.07) is 13.2. The zero-order valence-electron chi connectivity index (χ0n) is 22.6. The fraction of sp³-hybridized carbons (Fsp3) is 0.467. The monoisotopic (exact) mass is 530 g/mol. The van der Waals surface area contributed by atoms with Crippen LogP contribution in [-0.4, -0.2) is 62.8 Å². The Hall–Kier alpha value is -3.72.